The summed E-state index contributed by atoms with van der Waals surface area (Å²) in [5, 5.41) is 8.41. The van der Waals surface area contributed by atoms with Gasteiger partial charge in [-0.3, -0.25) is 4.79 Å². The molecule has 0 atom stereocenters. The molecule has 1 saturated carbocycles. The Labute approximate surface area is 143 Å². The van der Waals surface area contributed by atoms with Gasteiger partial charge in [0.05, 0.1) is 0 Å². The zero-order chi connectivity index (χ0) is 17.2. The number of nitrogens with one attached hydrogen (secondary N) is 3. The van der Waals surface area contributed by atoms with Gasteiger partial charge in [0.2, 0.25) is 5.91 Å². The lowest BCUT2D eigenvalue weighted by molar-refractivity contribution is -0.119. The fourth-order valence-electron chi connectivity index (χ4n) is 3.01. The molecule has 3 amide bonds. The highest BCUT2D eigenvalue weighted by molar-refractivity contribution is 5.93. The average molecular weight is 333 g/mol. The van der Waals surface area contributed by atoms with Crippen molar-refractivity contribution >= 4 is 23.3 Å². The first-order valence-electron chi connectivity index (χ1n) is 8.61. The normalized spacial score (nSPS) is 14.9. The quantitative estimate of drug-likeness (QED) is 0.716. The summed E-state index contributed by atoms with van der Waals surface area (Å²) in [6.45, 7) is 0.727. The number of anilines is 2. The molecule has 0 saturated heterocycles. The molecule has 1 aromatic carbocycles. The molecule has 0 heterocycles. The van der Waals surface area contributed by atoms with Crippen LogP contribution < -0.4 is 16.0 Å². The van der Waals surface area contributed by atoms with Crippen molar-refractivity contribution in [3.63, 3.8) is 0 Å². The maximum absolute atomic E-state index is 11.9. The van der Waals surface area contributed by atoms with Crippen molar-refractivity contribution in [3.05, 3.63) is 24.3 Å². The van der Waals surface area contributed by atoms with Crippen LogP contribution in [0.15, 0.2) is 24.3 Å². The Hall–Kier alpha value is -2.08. The second-order valence-corrected chi connectivity index (χ2v) is 6.23. The summed E-state index contributed by atoms with van der Waals surface area (Å²) >= 11 is 0. The van der Waals surface area contributed by atoms with E-state index in [1.165, 1.54) is 39.2 Å². The van der Waals surface area contributed by atoms with Gasteiger partial charge in [-0.05, 0) is 36.6 Å². The molecule has 1 fully saturated rings. The van der Waals surface area contributed by atoms with Gasteiger partial charge < -0.3 is 20.7 Å². The Kier molecular flexibility index (Phi) is 7.55. The van der Waals surface area contributed by atoms with Crippen LogP contribution >= 0.6 is 0 Å². The minimum atomic E-state index is -0.210. The van der Waals surface area contributed by atoms with E-state index in [0.717, 1.165) is 12.3 Å². The van der Waals surface area contributed by atoms with E-state index in [-0.39, 0.29) is 18.5 Å². The topological polar surface area (TPSA) is 79.5 Å². The highest BCUT2D eigenvalue weighted by atomic mass is 16.5. The summed E-state index contributed by atoms with van der Waals surface area (Å²) in [7, 11) is 1.47. The number of benzene rings is 1. The van der Waals surface area contributed by atoms with Crippen molar-refractivity contribution in [2.75, 3.05) is 30.9 Å². The third-order valence-electron chi connectivity index (χ3n) is 4.26. The first kappa shape index (κ1) is 18.3. The van der Waals surface area contributed by atoms with Gasteiger partial charge in [0.15, 0.2) is 0 Å². The number of hydrogen-bond acceptors (Lipinski definition) is 3. The van der Waals surface area contributed by atoms with Crippen LogP contribution in [0.1, 0.15) is 38.5 Å². The second-order valence-electron chi connectivity index (χ2n) is 6.23. The number of methoxy groups -OCH3 is 1. The van der Waals surface area contributed by atoms with Crippen LogP contribution in [0.4, 0.5) is 16.2 Å². The second kappa shape index (κ2) is 9.93. The van der Waals surface area contributed by atoms with Gasteiger partial charge >= 0.3 is 6.03 Å². The van der Waals surface area contributed by atoms with Crippen molar-refractivity contribution in [2.45, 2.75) is 38.5 Å². The lowest BCUT2D eigenvalue weighted by atomic mass is 9.87. The van der Waals surface area contributed by atoms with Crippen LogP contribution in [0.2, 0.25) is 0 Å². The number of rotatable bonds is 7. The minimum Gasteiger partial charge on any atom is -0.375 e. The number of ether oxygens (including phenoxy) is 1. The fraction of sp³-hybridized carbons (Fsp3) is 0.556. The van der Waals surface area contributed by atoms with Crippen LogP contribution in [0.3, 0.4) is 0 Å². The standard InChI is InChI=1S/C18H27N3O3/c1-24-13-17(22)20-15-7-9-16(10-8-15)21-18(23)19-12-11-14-5-3-2-4-6-14/h7-10,14H,2-6,11-13H2,1H3,(H,20,22)(H2,19,21,23). The van der Waals surface area contributed by atoms with Crippen LogP contribution in [0, 0.1) is 5.92 Å². The Bertz CT molecular complexity index is 525. The molecule has 1 aliphatic carbocycles. The van der Waals surface area contributed by atoms with E-state index in [1.807, 2.05) is 0 Å². The summed E-state index contributed by atoms with van der Waals surface area (Å²) in [6, 6.07) is 6.80. The third kappa shape index (κ3) is 6.58. The van der Waals surface area contributed by atoms with E-state index >= 15 is 0 Å². The van der Waals surface area contributed by atoms with E-state index < -0.39 is 0 Å². The molecule has 1 aromatic rings. The summed E-state index contributed by atoms with van der Waals surface area (Å²) in [6.07, 6.45) is 7.64. The molecule has 6 heteroatoms. The number of carbonyl (C=O) groups is 2. The number of carbonyl (C=O) groups excluding carboxylic acids is 2. The van der Waals surface area contributed by atoms with Crippen molar-refractivity contribution in [1.29, 1.82) is 0 Å². The molecule has 0 spiro atoms. The van der Waals surface area contributed by atoms with Crippen LogP contribution in [0.25, 0.3) is 0 Å². The van der Waals surface area contributed by atoms with E-state index in [0.29, 0.717) is 17.9 Å². The Balaban J connectivity index is 1.68. The van der Waals surface area contributed by atoms with Gasteiger partial charge in [-0.15, -0.1) is 0 Å². The lowest BCUT2D eigenvalue weighted by Gasteiger charge is -2.21. The maximum Gasteiger partial charge on any atom is 0.319 e. The summed E-state index contributed by atoms with van der Waals surface area (Å²) in [4.78, 5) is 23.3. The predicted octanol–water partition coefficient (Wildman–Crippen LogP) is 3.36. The van der Waals surface area contributed by atoms with Crippen LogP contribution in [-0.2, 0) is 9.53 Å². The van der Waals surface area contributed by atoms with Crippen molar-refractivity contribution < 1.29 is 14.3 Å². The van der Waals surface area contributed by atoms with E-state index in [1.54, 1.807) is 24.3 Å². The molecule has 6 nitrogen and oxygen atoms in total. The molecular formula is C18H27N3O3. The molecule has 2 rings (SSSR count). The van der Waals surface area contributed by atoms with Gasteiger partial charge in [0.25, 0.3) is 0 Å². The molecule has 0 aliphatic heterocycles. The maximum atomic E-state index is 11.9. The van der Waals surface area contributed by atoms with Crippen molar-refractivity contribution in [1.82, 2.24) is 5.32 Å². The minimum absolute atomic E-state index is 0.0173. The number of amides is 3. The van der Waals surface area contributed by atoms with Crippen molar-refractivity contribution in [3.8, 4) is 0 Å². The molecule has 1 aliphatic rings. The lowest BCUT2D eigenvalue weighted by Crippen LogP contribution is -2.30. The Morgan fingerprint density at radius 3 is 2.29 bits per heavy atom. The smallest absolute Gasteiger partial charge is 0.319 e. The predicted molar refractivity (Wildman–Crippen MR) is 95.2 cm³/mol. The number of hydrogen-bond donors (Lipinski definition) is 3. The third-order valence-corrected chi connectivity index (χ3v) is 4.26. The Morgan fingerprint density at radius 2 is 1.67 bits per heavy atom. The van der Waals surface area contributed by atoms with Gasteiger partial charge in [-0.25, -0.2) is 4.79 Å². The first-order chi connectivity index (χ1) is 11.7. The highest BCUT2D eigenvalue weighted by Gasteiger charge is 2.13. The van der Waals surface area contributed by atoms with Crippen LogP contribution in [0.5, 0.6) is 0 Å². The molecule has 0 aromatic heterocycles. The molecule has 3 N–H and O–H groups in total. The molecule has 0 unspecified atom stereocenters. The molecule has 24 heavy (non-hydrogen) atoms. The summed E-state index contributed by atoms with van der Waals surface area (Å²) < 4.78 is 4.76. The zero-order valence-corrected chi connectivity index (χ0v) is 14.3. The zero-order valence-electron chi connectivity index (χ0n) is 14.3. The summed E-state index contributed by atoms with van der Waals surface area (Å²) in [5.41, 5.74) is 1.36. The highest BCUT2D eigenvalue weighted by Crippen LogP contribution is 2.25. The van der Waals surface area contributed by atoms with E-state index in [4.69, 9.17) is 4.74 Å². The van der Waals surface area contributed by atoms with Gasteiger partial charge in [-0.2, -0.15) is 0 Å². The SMILES string of the molecule is COCC(=O)Nc1ccc(NC(=O)NCCC2CCCCC2)cc1. The fourth-order valence-corrected chi connectivity index (χ4v) is 3.01. The average Bonchev–Trinajstić information content (AvgIpc) is 2.58. The van der Waals surface area contributed by atoms with Crippen LogP contribution in [-0.4, -0.2) is 32.2 Å². The monoisotopic (exact) mass is 333 g/mol. The van der Waals surface area contributed by atoms with Gasteiger partial charge in [-0.1, -0.05) is 32.1 Å². The number of urea groups is 1. The Morgan fingerprint density at radius 1 is 1.04 bits per heavy atom. The van der Waals surface area contributed by atoms with E-state index in [9.17, 15) is 9.59 Å². The molecular weight excluding hydrogens is 306 g/mol. The molecule has 0 radical (unpaired) electrons. The molecule has 132 valence electrons. The molecule has 0 bridgehead atoms. The van der Waals surface area contributed by atoms with E-state index in [2.05, 4.69) is 16.0 Å². The largest absolute Gasteiger partial charge is 0.375 e. The van der Waals surface area contributed by atoms with Gasteiger partial charge in [0, 0.05) is 25.0 Å². The summed E-state index contributed by atoms with van der Waals surface area (Å²) in [5.74, 6) is 0.549. The van der Waals surface area contributed by atoms with Crippen molar-refractivity contribution in [2.24, 2.45) is 5.92 Å². The van der Waals surface area contributed by atoms with Gasteiger partial charge in [0.1, 0.15) is 6.61 Å². The first-order valence-corrected chi connectivity index (χ1v) is 8.61.